The van der Waals surface area contributed by atoms with Gasteiger partial charge < -0.3 is 0 Å². The van der Waals surface area contributed by atoms with Crippen LogP contribution >= 0.6 is 0 Å². The van der Waals surface area contributed by atoms with Crippen LogP contribution < -0.4 is 10.3 Å². The second kappa shape index (κ2) is 5.84. The predicted octanol–water partition coefficient (Wildman–Crippen LogP) is 3.35. The zero-order valence-corrected chi connectivity index (χ0v) is 14.0. The lowest BCUT2D eigenvalue weighted by Gasteiger charge is -2.09. The van der Waals surface area contributed by atoms with Crippen molar-refractivity contribution in [2.45, 2.75) is 27.7 Å². The van der Waals surface area contributed by atoms with Crippen LogP contribution in [0.5, 0.6) is 0 Å². The molecule has 1 heterocycles. The van der Waals surface area contributed by atoms with E-state index >= 15 is 0 Å². The highest BCUT2D eigenvalue weighted by Gasteiger charge is 2.20. The van der Waals surface area contributed by atoms with Crippen molar-refractivity contribution in [1.29, 1.82) is 0 Å². The Balaban J connectivity index is 2.26. The quantitative estimate of drug-likeness (QED) is 0.667. The summed E-state index contributed by atoms with van der Waals surface area (Å²) in [6.07, 6.45) is 0. The molecule has 0 spiro atoms. The van der Waals surface area contributed by atoms with Crippen LogP contribution in [0.1, 0.15) is 22.5 Å². The van der Waals surface area contributed by atoms with Crippen LogP contribution in [0.4, 0.5) is 0 Å². The topological polar surface area (TPSA) is 25.9 Å². The van der Waals surface area contributed by atoms with Gasteiger partial charge in [-0.3, -0.25) is 0 Å². The molecule has 0 unspecified atom stereocenters. The van der Waals surface area contributed by atoms with E-state index in [-0.39, 0.29) is 5.69 Å². The van der Waals surface area contributed by atoms with E-state index in [1.54, 1.807) is 9.13 Å². The third kappa shape index (κ3) is 2.82. The van der Waals surface area contributed by atoms with E-state index in [0.29, 0.717) is 0 Å². The maximum absolute atomic E-state index is 13.1. The summed E-state index contributed by atoms with van der Waals surface area (Å²) in [5, 5.41) is 0. The van der Waals surface area contributed by atoms with Gasteiger partial charge in [-0.25, -0.2) is 0 Å². The Morgan fingerprint density at radius 3 is 1.87 bits per heavy atom. The average molecular weight is 305 g/mol. The SMILES string of the molecule is Cc1ccc(-n2c(C)cc(C)[n+](-c3ccc(C)cc3)c2=O)cc1. The van der Waals surface area contributed by atoms with Gasteiger partial charge in [0.25, 0.3) is 0 Å². The van der Waals surface area contributed by atoms with Crippen molar-refractivity contribution < 1.29 is 4.57 Å². The molecule has 0 N–H and O–H groups in total. The number of aryl methyl sites for hydroxylation is 4. The molecule has 0 bridgehead atoms. The van der Waals surface area contributed by atoms with Crippen LogP contribution in [0.3, 0.4) is 0 Å². The van der Waals surface area contributed by atoms with Gasteiger partial charge in [0.05, 0.1) is 0 Å². The van der Waals surface area contributed by atoms with E-state index in [1.807, 2.05) is 82.3 Å². The maximum atomic E-state index is 13.1. The number of hydrogen-bond acceptors (Lipinski definition) is 1. The average Bonchev–Trinajstić information content (AvgIpc) is 2.50. The van der Waals surface area contributed by atoms with Gasteiger partial charge in [-0.2, -0.15) is 13.9 Å². The molecule has 2 aromatic carbocycles. The van der Waals surface area contributed by atoms with Crippen LogP contribution in [0, 0.1) is 27.7 Å². The van der Waals surface area contributed by atoms with Gasteiger partial charge in [-0.1, -0.05) is 35.4 Å². The Morgan fingerprint density at radius 2 is 1.30 bits per heavy atom. The minimum atomic E-state index is -0.0461. The van der Waals surface area contributed by atoms with Gasteiger partial charge in [-0.05, 0) is 52.0 Å². The second-order valence-electron chi connectivity index (χ2n) is 6.05. The first kappa shape index (κ1) is 15.2. The zero-order chi connectivity index (χ0) is 16.6. The van der Waals surface area contributed by atoms with E-state index in [0.717, 1.165) is 22.8 Å². The van der Waals surface area contributed by atoms with Crippen LogP contribution in [-0.4, -0.2) is 4.57 Å². The standard InChI is InChI=1S/C20H21N2O/c1-14-5-9-18(10-6-14)21-16(3)13-17(4)22(20(21)23)19-11-7-15(2)8-12-19/h5-13H,1-4H3/q+1. The summed E-state index contributed by atoms with van der Waals surface area (Å²) in [7, 11) is 0. The number of benzene rings is 2. The number of aromatic nitrogens is 2. The van der Waals surface area contributed by atoms with Crippen molar-refractivity contribution in [3.8, 4) is 11.4 Å². The molecule has 23 heavy (non-hydrogen) atoms. The van der Waals surface area contributed by atoms with Crippen molar-refractivity contribution in [3.05, 3.63) is 87.6 Å². The minimum absolute atomic E-state index is 0.0461. The highest BCUT2D eigenvalue weighted by atomic mass is 16.1. The van der Waals surface area contributed by atoms with Gasteiger partial charge in [0, 0.05) is 6.07 Å². The van der Waals surface area contributed by atoms with E-state index in [4.69, 9.17) is 0 Å². The molecule has 0 aliphatic heterocycles. The van der Waals surface area contributed by atoms with Crippen molar-refractivity contribution >= 4 is 0 Å². The Labute approximate surface area is 136 Å². The summed E-state index contributed by atoms with van der Waals surface area (Å²) in [5.41, 5.74) is 5.95. The highest BCUT2D eigenvalue weighted by Crippen LogP contribution is 2.11. The maximum Gasteiger partial charge on any atom is 0.508 e. The Kier molecular flexibility index (Phi) is 3.87. The van der Waals surface area contributed by atoms with E-state index in [9.17, 15) is 4.79 Å². The largest absolute Gasteiger partial charge is 0.508 e. The summed E-state index contributed by atoms with van der Waals surface area (Å²) in [6, 6.07) is 18.1. The first-order chi connectivity index (χ1) is 11.0. The summed E-state index contributed by atoms with van der Waals surface area (Å²) >= 11 is 0. The normalized spacial score (nSPS) is 10.8. The third-order valence-electron chi connectivity index (χ3n) is 4.09. The fourth-order valence-corrected chi connectivity index (χ4v) is 2.85. The molecule has 3 heteroatoms. The zero-order valence-electron chi connectivity index (χ0n) is 14.0. The number of rotatable bonds is 2. The van der Waals surface area contributed by atoms with Gasteiger partial charge in [0.2, 0.25) is 0 Å². The minimum Gasteiger partial charge on any atom is -0.196 e. The first-order valence-corrected chi connectivity index (χ1v) is 7.77. The second-order valence-corrected chi connectivity index (χ2v) is 6.05. The van der Waals surface area contributed by atoms with E-state index in [2.05, 4.69) is 0 Å². The van der Waals surface area contributed by atoms with Gasteiger partial charge in [0.15, 0.2) is 0 Å². The molecular weight excluding hydrogens is 284 g/mol. The fraction of sp³-hybridized carbons (Fsp3) is 0.200. The van der Waals surface area contributed by atoms with Crippen molar-refractivity contribution in [1.82, 2.24) is 4.57 Å². The molecule has 3 nitrogen and oxygen atoms in total. The molecule has 0 aliphatic rings. The number of hydrogen-bond donors (Lipinski definition) is 0. The van der Waals surface area contributed by atoms with Crippen LogP contribution in [0.2, 0.25) is 0 Å². The molecule has 0 fully saturated rings. The van der Waals surface area contributed by atoms with Crippen molar-refractivity contribution in [2.75, 3.05) is 0 Å². The van der Waals surface area contributed by atoms with E-state index < -0.39 is 0 Å². The van der Waals surface area contributed by atoms with Crippen LogP contribution in [0.15, 0.2) is 59.4 Å². The molecule has 0 saturated heterocycles. The van der Waals surface area contributed by atoms with Gasteiger partial charge >= 0.3 is 5.69 Å². The van der Waals surface area contributed by atoms with Crippen LogP contribution in [-0.2, 0) is 0 Å². The first-order valence-electron chi connectivity index (χ1n) is 7.77. The summed E-state index contributed by atoms with van der Waals surface area (Å²) in [4.78, 5) is 13.1. The Morgan fingerprint density at radius 1 is 0.783 bits per heavy atom. The lowest BCUT2D eigenvalue weighted by atomic mass is 10.2. The molecule has 3 rings (SSSR count). The van der Waals surface area contributed by atoms with Crippen LogP contribution in [0.25, 0.3) is 11.4 Å². The van der Waals surface area contributed by atoms with Crippen molar-refractivity contribution in [2.24, 2.45) is 0 Å². The third-order valence-corrected chi connectivity index (χ3v) is 4.09. The molecule has 3 aromatic rings. The monoisotopic (exact) mass is 305 g/mol. The molecule has 116 valence electrons. The molecular formula is C20H21N2O+. The summed E-state index contributed by atoms with van der Waals surface area (Å²) in [6.45, 7) is 8.02. The Bertz CT molecular complexity index is 831. The number of nitrogens with zero attached hydrogens (tertiary/aromatic N) is 2. The summed E-state index contributed by atoms with van der Waals surface area (Å²) < 4.78 is 3.51. The molecule has 0 aliphatic carbocycles. The summed E-state index contributed by atoms with van der Waals surface area (Å²) in [5.74, 6) is 0. The Hall–Kier alpha value is -2.68. The lowest BCUT2D eigenvalue weighted by Crippen LogP contribution is -2.54. The van der Waals surface area contributed by atoms with Crippen molar-refractivity contribution in [3.63, 3.8) is 0 Å². The molecule has 0 atom stereocenters. The predicted molar refractivity (Wildman–Crippen MR) is 92.5 cm³/mol. The molecule has 0 radical (unpaired) electrons. The smallest absolute Gasteiger partial charge is 0.196 e. The molecule has 0 saturated carbocycles. The molecule has 1 aromatic heterocycles. The fourth-order valence-electron chi connectivity index (χ4n) is 2.85. The van der Waals surface area contributed by atoms with Gasteiger partial charge in [-0.15, -0.1) is 0 Å². The van der Waals surface area contributed by atoms with Gasteiger partial charge in [0.1, 0.15) is 22.8 Å². The lowest BCUT2D eigenvalue weighted by molar-refractivity contribution is -0.623. The molecule has 0 amide bonds. The van der Waals surface area contributed by atoms with E-state index in [1.165, 1.54) is 11.1 Å². The highest BCUT2D eigenvalue weighted by molar-refractivity contribution is 5.36.